The number of anilines is 1. The summed E-state index contributed by atoms with van der Waals surface area (Å²) in [4.78, 5) is 11.3. The van der Waals surface area contributed by atoms with Crippen molar-refractivity contribution in [2.24, 2.45) is 0 Å². The molecule has 2 aromatic rings. The van der Waals surface area contributed by atoms with Crippen molar-refractivity contribution < 1.29 is 4.42 Å². The number of nitrogens with one attached hydrogen (secondary N) is 1. The number of aromatic nitrogens is 2. The van der Waals surface area contributed by atoms with Crippen LogP contribution >= 0.6 is 0 Å². The number of nitrogens with two attached hydrogens (primary N) is 1. The van der Waals surface area contributed by atoms with Gasteiger partial charge in [-0.05, 0) is 6.92 Å². The van der Waals surface area contributed by atoms with Gasteiger partial charge in [0, 0.05) is 11.8 Å². The molecule has 0 fully saturated rings. The number of nitrogens with zero attached hydrogens (tertiary/aromatic N) is 1. The predicted octanol–water partition coefficient (Wildman–Crippen LogP) is 0.407. The summed E-state index contributed by atoms with van der Waals surface area (Å²) in [6.45, 7) is 1.75. The SMILES string of the molecule is Cc1[nH]nc2oc(N)cc(=O)c12. The zero-order chi connectivity index (χ0) is 8.72. The molecule has 0 aliphatic heterocycles. The van der Waals surface area contributed by atoms with Crippen molar-refractivity contribution in [1.82, 2.24) is 10.2 Å². The predicted molar refractivity (Wildman–Crippen MR) is 43.8 cm³/mol. The van der Waals surface area contributed by atoms with Gasteiger partial charge in [-0.25, -0.2) is 0 Å². The van der Waals surface area contributed by atoms with Gasteiger partial charge >= 0.3 is 0 Å². The third-order valence-corrected chi connectivity index (χ3v) is 1.65. The molecule has 0 atom stereocenters. The molecule has 0 aliphatic carbocycles. The van der Waals surface area contributed by atoms with Crippen LogP contribution in [0.1, 0.15) is 5.69 Å². The summed E-state index contributed by atoms with van der Waals surface area (Å²) in [6, 6.07) is 1.24. The number of fused-ring (bicyclic) bond motifs is 1. The summed E-state index contributed by atoms with van der Waals surface area (Å²) in [5.74, 6) is 0.0824. The Hall–Kier alpha value is -1.78. The number of nitrogen functional groups attached to an aromatic ring is 1. The minimum absolute atomic E-state index is 0.0824. The van der Waals surface area contributed by atoms with Crippen LogP contribution in [0.3, 0.4) is 0 Å². The first-order chi connectivity index (χ1) is 5.68. The first-order valence-electron chi connectivity index (χ1n) is 3.43. The van der Waals surface area contributed by atoms with Crippen LogP contribution in [0, 0.1) is 6.92 Å². The van der Waals surface area contributed by atoms with E-state index in [4.69, 9.17) is 10.2 Å². The number of aromatic amines is 1. The van der Waals surface area contributed by atoms with Crippen LogP contribution in [0.5, 0.6) is 0 Å². The Morgan fingerprint density at radius 3 is 3.17 bits per heavy atom. The topological polar surface area (TPSA) is 84.9 Å². The van der Waals surface area contributed by atoms with E-state index in [2.05, 4.69) is 10.2 Å². The van der Waals surface area contributed by atoms with Crippen molar-refractivity contribution in [2.45, 2.75) is 6.92 Å². The van der Waals surface area contributed by atoms with E-state index in [9.17, 15) is 4.79 Å². The van der Waals surface area contributed by atoms with E-state index in [-0.39, 0.29) is 17.0 Å². The zero-order valence-electron chi connectivity index (χ0n) is 6.42. The van der Waals surface area contributed by atoms with Crippen molar-refractivity contribution in [3.63, 3.8) is 0 Å². The highest BCUT2D eigenvalue weighted by atomic mass is 16.4. The van der Waals surface area contributed by atoms with Crippen LogP contribution in [0.2, 0.25) is 0 Å². The van der Waals surface area contributed by atoms with Gasteiger partial charge in [-0.1, -0.05) is 0 Å². The molecule has 62 valence electrons. The molecule has 0 bridgehead atoms. The van der Waals surface area contributed by atoms with E-state index in [1.54, 1.807) is 6.92 Å². The number of hydrogen-bond donors (Lipinski definition) is 2. The van der Waals surface area contributed by atoms with Crippen LogP contribution in [-0.2, 0) is 0 Å². The molecule has 2 aromatic heterocycles. The molecule has 0 spiro atoms. The van der Waals surface area contributed by atoms with Gasteiger partial charge in [-0.15, -0.1) is 5.10 Å². The molecule has 0 saturated heterocycles. The molecular formula is C7H7N3O2. The third kappa shape index (κ3) is 0.795. The van der Waals surface area contributed by atoms with Gasteiger partial charge in [0.25, 0.3) is 5.71 Å². The highest BCUT2D eigenvalue weighted by molar-refractivity contribution is 5.76. The highest BCUT2D eigenvalue weighted by Crippen LogP contribution is 2.12. The van der Waals surface area contributed by atoms with Crippen molar-refractivity contribution in [3.8, 4) is 0 Å². The summed E-state index contributed by atoms with van der Waals surface area (Å²) >= 11 is 0. The van der Waals surface area contributed by atoms with Gasteiger partial charge in [0.15, 0.2) is 11.3 Å². The Morgan fingerprint density at radius 1 is 1.67 bits per heavy atom. The van der Waals surface area contributed by atoms with E-state index in [0.29, 0.717) is 11.1 Å². The largest absolute Gasteiger partial charge is 0.421 e. The molecule has 0 aliphatic rings. The first kappa shape index (κ1) is 6.90. The van der Waals surface area contributed by atoms with Crippen molar-refractivity contribution in [1.29, 1.82) is 0 Å². The Kier molecular flexibility index (Phi) is 1.21. The molecule has 2 heterocycles. The second-order valence-corrected chi connectivity index (χ2v) is 2.54. The zero-order valence-corrected chi connectivity index (χ0v) is 6.42. The molecule has 12 heavy (non-hydrogen) atoms. The van der Waals surface area contributed by atoms with Crippen LogP contribution < -0.4 is 11.2 Å². The molecule has 0 saturated carbocycles. The van der Waals surface area contributed by atoms with Crippen LogP contribution in [0.4, 0.5) is 5.88 Å². The maximum Gasteiger partial charge on any atom is 0.251 e. The van der Waals surface area contributed by atoms with Crippen molar-refractivity contribution in [2.75, 3.05) is 5.73 Å². The third-order valence-electron chi connectivity index (χ3n) is 1.65. The lowest BCUT2D eigenvalue weighted by atomic mass is 10.3. The summed E-state index contributed by atoms with van der Waals surface area (Å²) in [5, 5.41) is 6.88. The molecule has 2 rings (SSSR count). The molecule has 0 amide bonds. The lowest BCUT2D eigenvalue weighted by molar-refractivity contribution is 0.609. The fourth-order valence-corrected chi connectivity index (χ4v) is 1.11. The number of hydrogen-bond acceptors (Lipinski definition) is 4. The second-order valence-electron chi connectivity index (χ2n) is 2.54. The fourth-order valence-electron chi connectivity index (χ4n) is 1.11. The first-order valence-corrected chi connectivity index (χ1v) is 3.43. The van der Waals surface area contributed by atoms with Gasteiger partial charge in [0.1, 0.15) is 5.39 Å². The van der Waals surface area contributed by atoms with Crippen LogP contribution in [0.25, 0.3) is 11.1 Å². The van der Waals surface area contributed by atoms with Crippen LogP contribution in [0.15, 0.2) is 15.3 Å². The summed E-state index contributed by atoms with van der Waals surface area (Å²) in [5.41, 5.74) is 6.10. The van der Waals surface area contributed by atoms with Crippen molar-refractivity contribution in [3.05, 3.63) is 22.0 Å². The summed E-state index contributed by atoms with van der Waals surface area (Å²) in [6.07, 6.45) is 0. The van der Waals surface area contributed by atoms with Gasteiger partial charge in [0.05, 0.1) is 0 Å². The monoisotopic (exact) mass is 165 g/mol. The van der Waals surface area contributed by atoms with E-state index in [1.807, 2.05) is 0 Å². The Balaban J connectivity index is 3.03. The molecule has 0 unspecified atom stereocenters. The highest BCUT2D eigenvalue weighted by Gasteiger charge is 2.07. The molecule has 3 N–H and O–H groups in total. The number of rotatable bonds is 0. The normalized spacial score (nSPS) is 10.8. The van der Waals surface area contributed by atoms with Gasteiger partial charge < -0.3 is 10.2 Å². The lowest BCUT2D eigenvalue weighted by Gasteiger charge is -1.90. The smallest absolute Gasteiger partial charge is 0.251 e. The lowest BCUT2D eigenvalue weighted by Crippen LogP contribution is -2.01. The standard InChI is InChI=1S/C7H7N3O2/c1-3-6-4(11)2-5(8)12-7(6)10-9-3/h2H,8H2,1H3,(H,9,10). The molecule has 0 aromatic carbocycles. The average Bonchev–Trinajstić information content (AvgIpc) is 2.31. The maximum atomic E-state index is 11.3. The fraction of sp³-hybridized carbons (Fsp3) is 0.143. The second kappa shape index (κ2) is 2.10. The quantitative estimate of drug-likeness (QED) is 0.592. The Labute approximate surface area is 67.2 Å². The minimum atomic E-state index is -0.167. The van der Waals surface area contributed by atoms with Crippen LogP contribution in [-0.4, -0.2) is 10.2 Å². The molecule has 5 heteroatoms. The van der Waals surface area contributed by atoms with E-state index < -0.39 is 0 Å². The Bertz CT molecular complexity index is 483. The molecule has 5 nitrogen and oxygen atoms in total. The Morgan fingerprint density at radius 2 is 2.42 bits per heavy atom. The van der Waals surface area contributed by atoms with Gasteiger partial charge in [-0.2, -0.15) is 0 Å². The van der Waals surface area contributed by atoms with E-state index in [1.165, 1.54) is 6.07 Å². The summed E-state index contributed by atoms with van der Waals surface area (Å²) in [7, 11) is 0. The van der Waals surface area contributed by atoms with E-state index >= 15 is 0 Å². The average molecular weight is 165 g/mol. The molecule has 0 radical (unpaired) electrons. The number of aryl methyl sites for hydroxylation is 1. The minimum Gasteiger partial charge on any atom is -0.421 e. The van der Waals surface area contributed by atoms with Gasteiger partial charge in [0.2, 0.25) is 0 Å². The maximum absolute atomic E-state index is 11.3. The number of H-pyrrole nitrogens is 1. The van der Waals surface area contributed by atoms with Crippen molar-refractivity contribution >= 4 is 17.0 Å². The molecular weight excluding hydrogens is 158 g/mol. The van der Waals surface area contributed by atoms with Gasteiger partial charge in [-0.3, -0.25) is 9.89 Å². The van der Waals surface area contributed by atoms with E-state index in [0.717, 1.165) is 0 Å². The summed E-state index contributed by atoms with van der Waals surface area (Å²) < 4.78 is 5.00.